The molecule has 0 aliphatic carbocycles. The van der Waals surface area contributed by atoms with E-state index in [0.717, 1.165) is 15.2 Å². The van der Waals surface area contributed by atoms with Gasteiger partial charge in [0.25, 0.3) is 5.91 Å². The summed E-state index contributed by atoms with van der Waals surface area (Å²) < 4.78 is 6.58. The number of primary amides is 1. The highest BCUT2D eigenvalue weighted by Crippen LogP contribution is 2.24. The van der Waals surface area contributed by atoms with Crippen LogP contribution in [0.25, 0.3) is 10.8 Å². The normalized spacial score (nSPS) is 10.5. The topological polar surface area (TPSA) is 81.4 Å². The van der Waals surface area contributed by atoms with Crippen LogP contribution >= 0.6 is 15.9 Å². The van der Waals surface area contributed by atoms with Gasteiger partial charge in [-0.3, -0.25) is 9.59 Å². The van der Waals surface area contributed by atoms with Crippen LogP contribution in [0.1, 0.15) is 15.9 Å². The molecular formula is C20H17BrN2O3. The summed E-state index contributed by atoms with van der Waals surface area (Å²) in [6, 6.07) is 16.5. The number of hydrogen-bond acceptors (Lipinski definition) is 3. The van der Waals surface area contributed by atoms with Crippen molar-refractivity contribution in [2.24, 2.45) is 5.73 Å². The number of fused-ring (bicyclic) bond motifs is 1. The van der Waals surface area contributed by atoms with Crippen molar-refractivity contribution in [1.82, 2.24) is 0 Å². The molecule has 0 radical (unpaired) electrons. The first-order chi connectivity index (χ1) is 12.4. The lowest BCUT2D eigenvalue weighted by Crippen LogP contribution is -2.20. The van der Waals surface area contributed by atoms with E-state index in [4.69, 9.17) is 10.5 Å². The zero-order valence-electron chi connectivity index (χ0n) is 14.1. The quantitative estimate of drug-likeness (QED) is 0.663. The standard InChI is InChI=1S/C20H17BrN2O3/c1-12-8-16(5-7-18(12)20(22)25)23-19(24)11-26-17-6-3-13-9-15(21)4-2-14(13)10-17/h2-10H,11H2,1H3,(H2,22,25)(H,23,24). The third kappa shape index (κ3) is 4.21. The maximum atomic E-state index is 12.1. The van der Waals surface area contributed by atoms with Gasteiger partial charge in [0, 0.05) is 15.7 Å². The lowest BCUT2D eigenvalue weighted by molar-refractivity contribution is -0.118. The van der Waals surface area contributed by atoms with E-state index in [-0.39, 0.29) is 12.5 Å². The Labute approximate surface area is 159 Å². The predicted octanol–water partition coefficient (Wildman–Crippen LogP) is 4.03. The number of nitrogens with two attached hydrogens (primary N) is 1. The Morgan fingerprint density at radius 3 is 2.50 bits per heavy atom. The van der Waals surface area contributed by atoms with Crippen molar-refractivity contribution in [3.05, 3.63) is 70.2 Å². The Balaban J connectivity index is 1.63. The summed E-state index contributed by atoms with van der Waals surface area (Å²) in [5, 5.41) is 4.86. The van der Waals surface area contributed by atoms with Crippen molar-refractivity contribution in [2.75, 3.05) is 11.9 Å². The number of halogens is 1. The maximum absolute atomic E-state index is 12.1. The molecule has 0 heterocycles. The lowest BCUT2D eigenvalue weighted by Gasteiger charge is -2.10. The monoisotopic (exact) mass is 412 g/mol. The van der Waals surface area contributed by atoms with Gasteiger partial charge < -0.3 is 15.8 Å². The Hall–Kier alpha value is -2.86. The highest BCUT2D eigenvalue weighted by atomic mass is 79.9. The van der Waals surface area contributed by atoms with E-state index >= 15 is 0 Å². The smallest absolute Gasteiger partial charge is 0.262 e. The highest BCUT2D eigenvalue weighted by molar-refractivity contribution is 9.10. The number of nitrogens with one attached hydrogen (secondary N) is 1. The maximum Gasteiger partial charge on any atom is 0.262 e. The van der Waals surface area contributed by atoms with Crippen molar-refractivity contribution in [1.29, 1.82) is 0 Å². The number of amides is 2. The van der Waals surface area contributed by atoms with Crippen LogP contribution in [0.2, 0.25) is 0 Å². The fourth-order valence-corrected chi connectivity index (χ4v) is 3.03. The second-order valence-corrected chi connectivity index (χ2v) is 6.80. The van der Waals surface area contributed by atoms with Crippen LogP contribution in [0.4, 0.5) is 5.69 Å². The van der Waals surface area contributed by atoms with Gasteiger partial charge in [-0.2, -0.15) is 0 Å². The summed E-state index contributed by atoms with van der Waals surface area (Å²) in [4.78, 5) is 23.3. The zero-order valence-corrected chi connectivity index (χ0v) is 15.7. The predicted molar refractivity (Wildman–Crippen MR) is 105 cm³/mol. The second kappa shape index (κ2) is 7.58. The van der Waals surface area contributed by atoms with Crippen LogP contribution in [0.3, 0.4) is 0 Å². The molecule has 0 spiro atoms. The number of rotatable bonds is 5. The molecule has 2 amide bonds. The van der Waals surface area contributed by atoms with Gasteiger partial charge in [0.15, 0.2) is 6.61 Å². The number of ether oxygens (including phenoxy) is 1. The van der Waals surface area contributed by atoms with Crippen molar-refractivity contribution >= 4 is 44.2 Å². The molecule has 132 valence electrons. The SMILES string of the molecule is Cc1cc(NC(=O)COc2ccc3cc(Br)ccc3c2)ccc1C(N)=O. The van der Waals surface area contributed by atoms with Crippen LogP contribution in [0.15, 0.2) is 59.1 Å². The van der Waals surface area contributed by atoms with Gasteiger partial charge in [0.1, 0.15) is 5.75 Å². The third-order valence-corrected chi connectivity index (χ3v) is 4.41. The average molecular weight is 413 g/mol. The van der Waals surface area contributed by atoms with Gasteiger partial charge in [-0.15, -0.1) is 0 Å². The minimum Gasteiger partial charge on any atom is -0.484 e. The minimum absolute atomic E-state index is 0.112. The number of carbonyl (C=O) groups is 2. The molecule has 0 aliphatic heterocycles. The summed E-state index contributed by atoms with van der Waals surface area (Å²) in [5.41, 5.74) is 7.00. The first kappa shape index (κ1) is 17.9. The van der Waals surface area contributed by atoms with E-state index in [2.05, 4.69) is 21.2 Å². The molecule has 26 heavy (non-hydrogen) atoms. The van der Waals surface area contributed by atoms with Gasteiger partial charge in [-0.1, -0.05) is 28.1 Å². The fourth-order valence-electron chi connectivity index (χ4n) is 2.65. The van der Waals surface area contributed by atoms with Gasteiger partial charge in [-0.25, -0.2) is 0 Å². The van der Waals surface area contributed by atoms with Crippen LogP contribution in [-0.4, -0.2) is 18.4 Å². The van der Waals surface area contributed by atoms with E-state index in [1.54, 1.807) is 25.1 Å². The molecular weight excluding hydrogens is 396 g/mol. The van der Waals surface area contributed by atoms with E-state index in [9.17, 15) is 9.59 Å². The van der Waals surface area contributed by atoms with Crippen LogP contribution < -0.4 is 15.8 Å². The lowest BCUT2D eigenvalue weighted by atomic mass is 10.1. The van der Waals surface area contributed by atoms with Crippen LogP contribution in [0, 0.1) is 6.92 Å². The number of aryl methyl sites for hydroxylation is 1. The molecule has 5 nitrogen and oxygen atoms in total. The third-order valence-electron chi connectivity index (χ3n) is 3.92. The summed E-state index contributed by atoms with van der Waals surface area (Å²) >= 11 is 3.44. The molecule has 0 saturated carbocycles. The molecule has 0 saturated heterocycles. The summed E-state index contributed by atoms with van der Waals surface area (Å²) in [6.07, 6.45) is 0. The minimum atomic E-state index is -0.493. The molecule has 0 unspecified atom stereocenters. The average Bonchev–Trinajstić information content (AvgIpc) is 2.59. The van der Waals surface area contributed by atoms with E-state index < -0.39 is 5.91 Å². The van der Waals surface area contributed by atoms with Crippen molar-refractivity contribution in [3.63, 3.8) is 0 Å². The highest BCUT2D eigenvalue weighted by Gasteiger charge is 2.08. The zero-order chi connectivity index (χ0) is 18.7. The van der Waals surface area contributed by atoms with E-state index in [1.165, 1.54) is 0 Å². The Kier molecular flexibility index (Phi) is 5.23. The van der Waals surface area contributed by atoms with Crippen LogP contribution in [-0.2, 0) is 4.79 Å². The Morgan fingerprint density at radius 1 is 1.04 bits per heavy atom. The van der Waals surface area contributed by atoms with Gasteiger partial charge in [0.2, 0.25) is 5.91 Å². The van der Waals surface area contributed by atoms with Gasteiger partial charge in [0.05, 0.1) is 0 Å². The molecule has 3 N–H and O–H groups in total. The van der Waals surface area contributed by atoms with Gasteiger partial charge in [-0.05, 0) is 65.7 Å². The largest absolute Gasteiger partial charge is 0.484 e. The Morgan fingerprint density at radius 2 is 1.77 bits per heavy atom. The summed E-state index contributed by atoms with van der Waals surface area (Å²) in [6.45, 7) is 1.65. The molecule has 0 bridgehead atoms. The molecule has 3 aromatic carbocycles. The molecule has 0 atom stereocenters. The number of hydrogen-bond donors (Lipinski definition) is 2. The number of benzene rings is 3. The fraction of sp³-hybridized carbons (Fsp3) is 0.100. The number of anilines is 1. The van der Waals surface area contributed by atoms with Crippen molar-refractivity contribution in [3.8, 4) is 5.75 Å². The molecule has 3 rings (SSSR count). The molecule has 6 heteroatoms. The number of carbonyl (C=O) groups excluding carboxylic acids is 2. The van der Waals surface area contributed by atoms with E-state index in [1.807, 2.05) is 36.4 Å². The summed E-state index contributed by atoms with van der Waals surface area (Å²) in [7, 11) is 0. The first-order valence-corrected chi connectivity index (χ1v) is 8.74. The van der Waals surface area contributed by atoms with E-state index in [0.29, 0.717) is 22.6 Å². The molecule has 3 aromatic rings. The van der Waals surface area contributed by atoms with Crippen molar-refractivity contribution in [2.45, 2.75) is 6.92 Å². The molecule has 0 aromatic heterocycles. The van der Waals surface area contributed by atoms with Crippen molar-refractivity contribution < 1.29 is 14.3 Å². The first-order valence-electron chi connectivity index (χ1n) is 7.95. The van der Waals surface area contributed by atoms with Crippen LogP contribution in [0.5, 0.6) is 5.75 Å². The Bertz CT molecular complexity index is 1000. The second-order valence-electron chi connectivity index (χ2n) is 5.88. The molecule has 0 fully saturated rings. The van der Waals surface area contributed by atoms with Gasteiger partial charge >= 0.3 is 0 Å². The molecule has 0 aliphatic rings. The summed E-state index contributed by atoms with van der Waals surface area (Å²) in [5.74, 6) is -0.158.